The quantitative estimate of drug-likeness (QED) is 0.746. The summed E-state index contributed by atoms with van der Waals surface area (Å²) in [6.45, 7) is 0.931. The maximum Gasteiger partial charge on any atom is 0.233 e. The molecule has 0 aliphatic heterocycles. The molecule has 76 valence electrons. The predicted octanol–water partition coefficient (Wildman–Crippen LogP) is 2.03. The molecule has 1 aromatic heterocycles. The molecular weight excluding hydrogens is 196 g/mol. The van der Waals surface area contributed by atoms with Crippen LogP contribution in [0.3, 0.4) is 0 Å². The Kier molecular flexibility index (Phi) is 2.98. The van der Waals surface area contributed by atoms with Gasteiger partial charge in [0.2, 0.25) is 11.1 Å². The monoisotopic (exact) mass is 210 g/mol. The lowest BCUT2D eigenvalue weighted by Gasteiger charge is -2.02. The van der Waals surface area contributed by atoms with Gasteiger partial charge in [0.05, 0.1) is 0 Å². The molecular formula is C9H14N4S. The summed E-state index contributed by atoms with van der Waals surface area (Å²) in [4.78, 5) is 4.03. The Hall–Kier alpha value is -1.10. The molecule has 0 saturated heterocycles. The fourth-order valence-electron chi connectivity index (χ4n) is 1.60. The topological polar surface area (TPSA) is 63.8 Å². The third-order valence-electron chi connectivity index (χ3n) is 2.30. The number of allylic oxidation sites excluding steroid dienone is 1. The van der Waals surface area contributed by atoms with Gasteiger partial charge in [-0.25, -0.2) is 0 Å². The zero-order chi connectivity index (χ0) is 9.80. The number of nitrogens with zero attached hydrogens (tertiary/aromatic N) is 2. The molecule has 0 spiro atoms. The summed E-state index contributed by atoms with van der Waals surface area (Å²) in [5, 5.41) is 4.04. The second-order valence-electron chi connectivity index (χ2n) is 3.39. The Morgan fingerprint density at radius 2 is 2.50 bits per heavy atom. The van der Waals surface area contributed by atoms with E-state index in [4.69, 9.17) is 5.73 Å². The first-order valence-electron chi connectivity index (χ1n) is 4.85. The molecule has 14 heavy (non-hydrogen) atoms. The van der Waals surface area contributed by atoms with Crippen LogP contribution in [0, 0.1) is 0 Å². The summed E-state index contributed by atoms with van der Waals surface area (Å²) < 4.78 is 3.90. The van der Waals surface area contributed by atoms with Crippen molar-refractivity contribution in [1.29, 1.82) is 0 Å². The average molecular weight is 210 g/mol. The van der Waals surface area contributed by atoms with Gasteiger partial charge in [-0.2, -0.15) is 9.36 Å². The second-order valence-corrected chi connectivity index (χ2v) is 4.14. The van der Waals surface area contributed by atoms with Crippen molar-refractivity contribution in [3.05, 3.63) is 11.6 Å². The first-order chi connectivity index (χ1) is 6.84. The summed E-state index contributed by atoms with van der Waals surface area (Å²) in [6, 6.07) is 0. The normalized spacial score (nSPS) is 15.6. The van der Waals surface area contributed by atoms with Gasteiger partial charge in [0.25, 0.3) is 0 Å². The minimum absolute atomic E-state index is 0.359. The molecule has 0 fully saturated rings. The SMILES string of the molecule is Nc1nsc(NCCC2=CCCC2)n1. The van der Waals surface area contributed by atoms with E-state index < -0.39 is 0 Å². The molecule has 0 saturated carbocycles. The number of nitrogen functional groups attached to an aromatic ring is 1. The van der Waals surface area contributed by atoms with Crippen LogP contribution >= 0.6 is 11.5 Å². The van der Waals surface area contributed by atoms with Crippen molar-refractivity contribution in [2.45, 2.75) is 25.7 Å². The molecule has 1 aliphatic rings. The lowest BCUT2D eigenvalue weighted by molar-refractivity contribution is 0.863. The van der Waals surface area contributed by atoms with Gasteiger partial charge in [-0.15, -0.1) is 0 Å². The molecule has 3 N–H and O–H groups in total. The number of anilines is 2. The lowest BCUT2D eigenvalue weighted by atomic mass is 10.2. The summed E-state index contributed by atoms with van der Waals surface area (Å²) >= 11 is 1.32. The van der Waals surface area contributed by atoms with Gasteiger partial charge in [-0.05, 0) is 25.7 Å². The van der Waals surface area contributed by atoms with Crippen LogP contribution in [0.2, 0.25) is 0 Å². The Bertz CT molecular complexity index is 331. The van der Waals surface area contributed by atoms with E-state index >= 15 is 0 Å². The molecule has 0 bridgehead atoms. The Morgan fingerprint density at radius 1 is 1.57 bits per heavy atom. The van der Waals surface area contributed by atoms with Crippen LogP contribution in [-0.4, -0.2) is 15.9 Å². The van der Waals surface area contributed by atoms with Crippen LogP contribution in [0.15, 0.2) is 11.6 Å². The fraction of sp³-hybridized carbons (Fsp3) is 0.556. The van der Waals surface area contributed by atoms with Gasteiger partial charge in [-0.1, -0.05) is 11.6 Å². The molecule has 0 radical (unpaired) electrons. The molecule has 5 heteroatoms. The molecule has 1 aromatic rings. The third-order valence-corrected chi connectivity index (χ3v) is 2.99. The van der Waals surface area contributed by atoms with Crippen LogP contribution in [0.4, 0.5) is 11.1 Å². The summed E-state index contributed by atoms with van der Waals surface area (Å²) in [7, 11) is 0. The highest BCUT2D eigenvalue weighted by atomic mass is 32.1. The highest BCUT2D eigenvalue weighted by Crippen LogP contribution is 2.20. The van der Waals surface area contributed by atoms with E-state index in [2.05, 4.69) is 20.8 Å². The number of aromatic nitrogens is 2. The van der Waals surface area contributed by atoms with Gasteiger partial charge < -0.3 is 11.1 Å². The molecule has 0 aromatic carbocycles. The van der Waals surface area contributed by atoms with Gasteiger partial charge >= 0.3 is 0 Å². The van der Waals surface area contributed by atoms with E-state index in [1.54, 1.807) is 5.57 Å². The Morgan fingerprint density at radius 3 is 3.14 bits per heavy atom. The van der Waals surface area contributed by atoms with E-state index in [0.29, 0.717) is 5.95 Å². The van der Waals surface area contributed by atoms with E-state index in [9.17, 15) is 0 Å². The van der Waals surface area contributed by atoms with Crippen molar-refractivity contribution in [3.8, 4) is 0 Å². The Balaban J connectivity index is 1.72. The smallest absolute Gasteiger partial charge is 0.233 e. The van der Waals surface area contributed by atoms with Crippen molar-refractivity contribution in [2.75, 3.05) is 17.6 Å². The van der Waals surface area contributed by atoms with Crippen LogP contribution in [0.5, 0.6) is 0 Å². The lowest BCUT2D eigenvalue weighted by Crippen LogP contribution is -2.01. The second kappa shape index (κ2) is 4.41. The van der Waals surface area contributed by atoms with Crippen molar-refractivity contribution in [2.24, 2.45) is 0 Å². The minimum atomic E-state index is 0.359. The molecule has 0 atom stereocenters. The van der Waals surface area contributed by atoms with Crippen LogP contribution in [0.25, 0.3) is 0 Å². The number of nitrogens with two attached hydrogens (primary N) is 1. The van der Waals surface area contributed by atoms with Crippen molar-refractivity contribution in [3.63, 3.8) is 0 Å². The molecule has 2 rings (SSSR count). The largest absolute Gasteiger partial charge is 0.367 e. The van der Waals surface area contributed by atoms with Gasteiger partial charge in [0, 0.05) is 18.1 Å². The fourth-order valence-corrected chi connectivity index (χ4v) is 2.12. The van der Waals surface area contributed by atoms with Gasteiger partial charge in [-0.3, -0.25) is 0 Å². The van der Waals surface area contributed by atoms with E-state index in [-0.39, 0.29) is 0 Å². The summed E-state index contributed by atoms with van der Waals surface area (Å²) in [6.07, 6.45) is 7.29. The molecule has 4 nitrogen and oxygen atoms in total. The maximum atomic E-state index is 5.41. The van der Waals surface area contributed by atoms with Crippen molar-refractivity contribution < 1.29 is 0 Å². The van der Waals surface area contributed by atoms with E-state index in [1.165, 1.54) is 30.8 Å². The minimum Gasteiger partial charge on any atom is -0.367 e. The van der Waals surface area contributed by atoms with Crippen molar-refractivity contribution in [1.82, 2.24) is 9.36 Å². The highest BCUT2D eigenvalue weighted by molar-refractivity contribution is 7.09. The first kappa shape index (κ1) is 9.45. The van der Waals surface area contributed by atoms with Crippen molar-refractivity contribution >= 4 is 22.6 Å². The molecule has 0 unspecified atom stereocenters. The summed E-state index contributed by atoms with van der Waals surface area (Å²) in [5.74, 6) is 0.359. The van der Waals surface area contributed by atoms with E-state index in [0.717, 1.165) is 18.1 Å². The van der Waals surface area contributed by atoms with Gasteiger partial charge in [0.1, 0.15) is 0 Å². The van der Waals surface area contributed by atoms with Crippen LogP contribution in [0.1, 0.15) is 25.7 Å². The number of nitrogens with one attached hydrogen (secondary N) is 1. The summed E-state index contributed by atoms with van der Waals surface area (Å²) in [5.41, 5.74) is 6.97. The predicted molar refractivity (Wildman–Crippen MR) is 59.4 cm³/mol. The first-order valence-corrected chi connectivity index (χ1v) is 5.63. The number of hydrogen-bond donors (Lipinski definition) is 2. The molecule has 1 aliphatic carbocycles. The number of hydrogen-bond acceptors (Lipinski definition) is 5. The van der Waals surface area contributed by atoms with Gasteiger partial charge in [0.15, 0.2) is 0 Å². The van der Waals surface area contributed by atoms with E-state index in [1.807, 2.05) is 0 Å². The number of rotatable bonds is 4. The zero-order valence-electron chi connectivity index (χ0n) is 7.99. The Labute approximate surface area is 87.4 Å². The third kappa shape index (κ3) is 2.45. The maximum absolute atomic E-state index is 5.41. The zero-order valence-corrected chi connectivity index (χ0v) is 8.81. The highest BCUT2D eigenvalue weighted by Gasteiger charge is 2.04. The molecule has 1 heterocycles. The standard InChI is InChI=1S/C9H14N4S/c10-8-12-9(14-13-8)11-6-5-7-3-1-2-4-7/h3H,1-2,4-6H2,(H3,10,11,12,13). The molecule has 0 amide bonds. The van der Waals surface area contributed by atoms with Crippen LogP contribution < -0.4 is 11.1 Å². The van der Waals surface area contributed by atoms with Crippen LogP contribution in [-0.2, 0) is 0 Å². The average Bonchev–Trinajstić information content (AvgIpc) is 2.77.